The molecular formula is C17H18FN3OS. The van der Waals surface area contributed by atoms with E-state index in [-0.39, 0.29) is 24.0 Å². The zero-order valence-corrected chi connectivity index (χ0v) is 13.9. The van der Waals surface area contributed by atoms with Crippen LogP contribution in [0.4, 0.5) is 4.39 Å². The SMILES string of the molecule is Cc1nc(C2=C(O)CN(CCc3ccccc3F)C2=N)sc1C. The highest BCUT2D eigenvalue weighted by molar-refractivity contribution is 7.13. The first-order valence-electron chi connectivity index (χ1n) is 7.41. The Kier molecular flexibility index (Phi) is 4.17. The van der Waals surface area contributed by atoms with Gasteiger partial charge in [-0.05, 0) is 31.9 Å². The Morgan fingerprint density at radius 1 is 1.35 bits per heavy atom. The van der Waals surface area contributed by atoms with Gasteiger partial charge in [0, 0.05) is 11.4 Å². The number of hydrogen-bond acceptors (Lipinski definition) is 4. The van der Waals surface area contributed by atoms with Gasteiger partial charge in [-0.3, -0.25) is 5.41 Å². The average molecular weight is 331 g/mol. The molecule has 0 radical (unpaired) electrons. The van der Waals surface area contributed by atoms with Gasteiger partial charge in [-0.2, -0.15) is 0 Å². The molecule has 1 aliphatic heterocycles. The molecule has 0 unspecified atom stereocenters. The second-order valence-corrected chi connectivity index (χ2v) is 6.80. The van der Waals surface area contributed by atoms with Crippen molar-refractivity contribution in [2.75, 3.05) is 13.1 Å². The number of benzene rings is 1. The van der Waals surface area contributed by atoms with Gasteiger partial charge in [-0.15, -0.1) is 11.3 Å². The number of thiazole rings is 1. The molecule has 2 N–H and O–H groups in total. The van der Waals surface area contributed by atoms with E-state index in [1.165, 1.54) is 17.4 Å². The van der Waals surface area contributed by atoms with E-state index in [0.717, 1.165) is 10.6 Å². The maximum absolute atomic E-state index is 13.7. The molecule has 1 aromatic heterocycles. The molecule has 2 heterocycles. The van der Waals surface area contributed by atoms with Crippen molar-refractivity contribution in [2.45, 2.75) is 20.3 Å². The first-order valence-corrected chi connectivity index (χ1v) is 8.23. The van der Waals surface area contributed by atoms with Gasteiger partial charge < -0.3 is 10.0 Å². The van der Waals surface area contributed by atoms with Gasteiger partial charge in [0.25, 0.3) is 0 Å². The quantitative estimate of drug-likeness (QED) is 0.898. The van der Waals surface area contributed by atoms with Crippen molar-refractivity contribution >= 4 is 22.7 Å². The van der Waals surface area contributed by atoms with Crippen LogP contribution in [0.2, 0.25) is 0 Å². The maximum atomic E-state index is 13.7. The highest BCUT2D eigenvalue weighted by Gasteiger charge is 2.30. The summed E-state index contributed by atoms with van der Waals surface area (Å²) in [6, 6.07) is 6.65. The Bertz CT molecular complexity index is 777. The maximum Gasteiger partial charge on any atom is 0.135 e. The van der Waals surface area contributed by atoms with Crippen molar-refractivity contribution in [1.29, 1.82) is 5.41 Å². The van der Waals surface area contributed by atoms with Gasteiger partial charge in [0.05, 0.1) is 17.8 Å². The number of amidine groups is 1. The van der Waals surface area contributed by atoms with Crippen LogP contribution in [0.5, 0.6) is 0 Å². The molecule has 2 aromatic rings. The lowest BCUT2D eigenvalue weighted by molar-refractivity contribution is 0.350. The second kappa shape index (κ2) is 6.12. The number of aliphatic hydroxyl groups excluding tert-OH is 1. The summed E-state index contributed by atoms with van der Waals surface area (Å²) in [6.45, 7) is 4.65. The molecule has 0 spiro atoms. The minimum absolute atomic E-state index is 0.164. The smallest absolute Gasteiger partial charge is 0.135 e. The molecule has 0 atom stereocenters. The summed E-state index contributed by atoms with van der Waals surface area (Å²) in [5.41, 5.74) is 2.04. The van der Waals surface area contributed by atoms with Crippen LogP contribution in [0.3, 0.4) is 0 Å². The molecule has 0 amide bonds. The topological polar surface area (TPSA) is 60.2 Å². The van der Waals surface area contributed by atoms with E-state index in [1.807, 2.05) is 13.8 Å². The van der Waals surface area contributed by atoms with Crippen LogP contribution in [0.25, 0.3) is 5.57 Å². The summed E-state index contributed by atoms with van der Waals surface area (Å²) in [7, 11) is 0. The van der Waals surface area contributed by atoms with E-state index in [0.29, 0.717) is 29.1 Å². The van der Waals surface area contributed by atoms with Gasteiger partial charge in [0.2, 0.25) is 0 Å². The van der Waals surface area contributed by atoms with Crippen LogP contribution in [-0.2, 0) is 6.42 Å². The van der Waals surface area contributed by atoms with Crippen LogP contribution in [0, 0.1) is 25.1 Å². The van der Waals surface area contributed by atoms with Crippen LogP contribution >= 0.6 is 11.3 Å². The standard InChI is InChI=1S/C17H18FN3OS/c1-10-11(2)23-17(20-10)15-14(22)9-21(16(15)19)8-7-12-5-3-4-6-13(12)18/h3-6,19,22H,7-9H2,1-2H3. The molecule has 3 rings (SSSR count). The molecule has 1 aliphatic rings. The Balaban J connectivity index is 1.74. The van der Waals surface area contributed by atoms with Gasteiger partial charge in [0.1, 0.15) is 22.4 Å². The third kappa shape index (κ3) is 2.99. The summed E-state index contributed by atoms with van der Waals surface area (Å²) in [5, 5.41) is 19.2. The molecule has 0 aliphatic carbocycles. The third-order valence-corrected chi connectivity index (χ3v) is 5.12. The molecule has 120 valence electrons. The number of aromatic nitrogens is 1. The Morgan fingerprint density at radius 3 is 2.74 bits per heavy atom. The van der Waals surface area contributed by atoms with Gasteiger partial charge >= 0.3 is 0 Å². The summed E-state index contributed by atoms with van der Waals surface area (Å²) >= 11 is 1.48. The summed E-state index contributed by atoms with van der Waals surface area (Å²) in [5.74, 6) is 0.187. The zero-order valence-electron chi connectivity index (χ0n) is 13.1. The van der Waals surface area contributed by atoms with Crippen molar-refractivity contribution in [3.63, 3.8) is 0 Å². The molecular weight excluding hydrogens is 313 g/mol. The third-order valence-electron chi connectivity index (χ3n) is 4.03. The summed E-state index contributed by atoms with van der Waals surface area (Å²) in [4.78, 5) is 7.27. The van der Waals surface area contributed by atoms with E-state index >= 15 is 0 Å². The second-order valence-electron chi connectivity index (χ2n) is 5.59. The fraction of sp³-hybridized carbons (Fsp3) is 0.294. The van der Waals surface area contributed by atoms with Crippen LogP contribution in [0.1, 0.15) is 21.1 Å². The first-order chi connectivity index (χ1) is 11.0. The summed E-state index contributed by atoms with van der Waals surface area (Å²) < 4.78 is 13.7. The van der Waals surface area contributed by atoms with Crippen molar-refractivity contribution in [1.82, 2.24) is 9.88 Å². The lowest BCUT2D eigenvalue weighted by atomic mass is 10.1. The lowest BCUT2D eigenvalue weighted by Gasteiger charge is -2.18. The van der Waals surface area contributed by atoms with E-state index in [4.69, 9.17) is 5.41 Å². The number of nitrogens with zero attached hydrogens (tertiary/aromatic N) is 2. The minimum Gasteiger partial charge on any atom is -0.510 e. The van der Waals surface area contributed by atoms with Gasteiger partial charge in [0.15, 0.2) is 0 Å². The number of aliphatic hydroxyl groups is 1. The molecule has 0 saturated carbocycles. The van der Waals surface area contributed by atoms with Crippen LogP contribution in [0.15, 0.2) is 30.0 Å². The number of rotatable bonds is 4. The van der Waals surface area contributed by atoms with Gasteiger partial charge in [-0.25, -0.2) is 9.37 Å². The lowest BCUT2D eigenvalue weighted by Crippen LogP contribution is -2.29. The number of nitrogens with one attached hydrogen (secondary N) is 1. The van der Waals surface area contributed by atoms with Crippen molar-refractivity contribution in [2.24, 2.45) is 0 Å². The van der Waals surface area contributed by atoms with E-state index < -0.39 is 0 Å². The van der Waals surface area contributed by atoms with Crippen molar-refractivity contribution < 1.29 is 9.50 Å². The fourth-order valence-electron chi connectivity index (χ4n) is 2.59. The molecule has 1 aromatic carbocycles. The zero-order chi connectivity index (χ0) is 16.6. The molecule has 0 saturated heterocycles. The molecule has 6 heteroatoms. The highest BCUT2D eigenvalue weighted by Crippen LogP contribution is 2.31. The molecule has 23 heavy (non-hydrogen) atoms. The average Bonchev–Trinajstić information content (AvgIpc) is 2.98. The van der Waals surface area contributed by atoms with Crippen molar-refractivity contribution in [3.8, 4) is 0 Å². The minimum atomic E-state index is -0.234. The van der Waals surface area contributed by atoms with Crippen LogP contribution in [-0.4, -0.2) is 33.9 Å². The molecule has 4 nitrogen and oxygen atoms in total. The largest absolute Gasteiger partial charge is 0.510 e. The fourth-order valence-corrected chi connectivity index (χ4v) is 3.57. The predicted molar refractivity (Wildman–Crippen MR) is 90.5 cm³/mol. The molecule has 0 bridgehead atoms. The summed E-state index contributed by atoms with van der Waals surface area (Å²) in [6.07, 6.45) is 0.492. The normalized spacial score (nSPS) is 14.9. The first kappa shape index (κ1) is 15.7. The Morgan fingerprint density at radius 2 is 2.09 bits per heavy atom. The number of hydrogen-bond donors (Lipinski definition) is 2. The number of aryl methyl sites for hydroxylation is 2. The van der Waals surface area contributed by atoms with E-state index in [1.54, 1.807) is 23.1 Å². The Labute approximate surface area is 138 Å². The van der Waals surface area contributed by atoms with Crippen LogP contribution < -0.4 is 0 Å². The van der Waals surface area contributed by atoms with Crippen molar-refractivity contribution in [3.05, 3.63) is 57.0 Å². The van der Waals surface area contributed by atoms with E-state index in [9.17, 15) is 9.50 Å². The predicted octanol–water partition coefficient (Wildman–Crippen LogP) is 3.70. The monoisotopic (exact) mass is 331 g/mol. The van der Waals surface area contributed by atoms with Gasteiger partial charge in [-0.1, -0.05) is 18.2 Å². The molecule has 0 fully saturated rings. The number of halogens is 1. The highest BCUT2D eigenvalue weighted by atomic mass is 32.1. The Hall–Kier alpha value is -2.21. The van der Waals surface area contributed by atoms with E-state index in [2.05, 4.69) is 4.98 Å².